The van der Waals surface area contributed by atoms with Crippen molar-refractivity contribution in [3.63, 3.8) is 0 Å². The second-order valence-corrected chi connectivity index (χ2v) is 4.59. The molecule has 4 heteroatoms. The van der Waals surface area contributed by atoms with Gasteiger partial charge in [-0.25, -0.2) is 0 Å². The van der Waals surface area contributed by atoms with E-state index in [2.05, 4.69) is 37.4 Å². The molecule has 2 aromatic rings. The van der Waals surface area contributed by atoms with Crippen molar-refractivity contribution in [2.24, 2.45) is 0 Å². The van der Waals surface area contributed by atoms with E-state index in [9.17, 15) is 10.1 Å². The summed E-state index contributed by atoms with van der Waals surface area (Å²) < 4.78 is 0. The zero-order valence-electron chi connectivity index (χ0n) is 11.0. The predicted octanol–water partition coefficient (Wildman–Crippen LogP) is 3.82. The molecule has 1 N–H and O–H groups in total. The Morgan fingerprint density at radius 1 is 1.16 bits per heavy atom. The Morgan fingerprint density at radius 3 is 2.63 bits per heavy atom. The Kier molecular flexibility index (Phi) is 3.80. The van der Waals surface area contributed by atoms with Gasteiger partial charge in [-0.05, 0) is 31.0 Å². The van der Waals surface area contributed by atoms with Crippen LogP contribution in [0.5, 0.6) is 0 Å². The van der Waals surface area contributed by atoms with Gasteiger partial charge in [0.2, 0.25) is 0 Å². The van der Waals surface area contributed by atoms with E-state index in [0.29, 0.717) is 6.54 Å². The van der Waals surface area contributed by atoms with Gasteiger partial charge < -0.3 is 5.32 Å². The molecule has 0 aliphatic carbocycles. The molecular weight excluding hydrogens is 240 g/mol. The molecule has 0 atom stereocenters. The molecule has 0 unspecified atom stereocenters. The van der Waals surface area contributed by atoms with Crippen molar-refractivity contribution in [1.29, 1.82) is 0 Å². The highest BCUT2D eigenvalue weighted by atomic mass is 16.6. The molecule has 2 rings (SSSR count). The van der Waals surface area contributed by atoms with Crippen molar-refractivity contribution < 1.29 is 4.92 Å². The second kappa shape index (κ2) is 5.52. The average Bonchev–Trinajstić information content (AvgIpc) is 2.38. The Bertz CT molecular complexity index is 609. The van der Waals surface area contributed by atoms with E-state index >= 15 is 0 Å². The summed E-state index contributed by atoms with van der Waals surface area (Å²) in [6.45, 7) is 4.79. The molecule has 0 fully saturated rings. The lowest BCUT2D eigenvalue weighted by Crippen LogP contribution is -2.02. The number of hydrogen-bond donors (Lipinski definition) is 1. The summed E-state index contributed by atoms with van der Waals surface area (Å²) in [4.78, 5) is 10.3. The molecule has 4 nitrogen and oxygen atoms in total. The van der Waals surface area contributed by atoms with Crippen LogP contribution in [0.3, 0.4) is 0 Å². The van der Waals surface area contributed by atoms with E-state index in [1.54, 1.807) is 12.1 Å². The highest BCUT2D eigenvalue weighted by molar-refractivity contribution is 5.51. The van der Waals surface area contributed by atoms with Crippen LogP contribution in [-0.2, 0) is 6.54 Å². The molecule has 98 valence electrons. The maximum absolute atomic E-state index is 10.7. The molecule has 0 saturated heterocycles. The maximum Gasteiger partial charge on any atom is 0.271 e. The number of non-ortho nitro benzene ring substituents is 1. The van der Waals surface area contributed by atoms with Gasteiger partial charge in [-0.3, -0.25) is 10.1 Å². The number of nitro groups is 1. The van der Waals surface area contributed by atoms with Crippen molar-refractivity contribution in [3.05, 3.63) is 69.3 Å². The van der Waals surface area contributed by atoms with Gasteiger partial charge in [0.15, 0.2) is 0 Å². The summed E-state index contributed by atoms with van der Waals surface area (Å²) in [5.41, 5.74) is 4.51. The highest BCUT2D eigenvalue weighted by Gasteiger charge is 2.05. The smallest absolute Gasteiger partial charge is 0.271 e. The largest absolute Gasteiger partial charge is 0.381 e. The van der Waals surface area contributed by atoms with E-state index in [1.165, 1.54) is 22.8 Å². The fourth-order valence-corrected chi connectivity index (χ4v) is 1.97. The van der Waals surface area contributed by atoms with Crippen molar-refractivity contribution in [2.45, 2.75) is 20.4 Å². The number of nitro benzene ring substituents is 1. The first-order valence-electron chi connectivity index (χ1n) is 6.11. The van der Waals surface area contributed by atoms with Crippen LogP contribution in [0.1, 0.15) is 16.7 Å². The number of nitrogens with zero attached hydrogens (tertiary/aromatic N) is 1. The van der Waals surface area contributed by atoms with Crippen LogP contribution >= 0.6 is 0 Å². The van der Waals surface area contributed by atoms with E-state index < -0.39 is 0 Å². The number of anilines is 1. The third-order valence-corrected chi connectivity index (χ3v) is 3.04. The standard InChI is InChI=1S/C15H16N2O2/c1-11-6-7-13(12(2)8-11)10-16-14-4-3-5-15(9-14)17(18)19/h3-9,16H,10H2,1-2H3. The lowest BCUT2D eigenvalue weighted by atomic mass is 10.1. The summed E-state index contributed by atoms with van der Waals surface area (Å²) in [7, 11) is 0. The van der Waals surface area contributed by atoms with Crippen LogP contribution in [0.2, 0.25) is 0 Å². The minimum absolute atomic E-state index is 0.102. The summed E-state index contributed by atoms with van der Waals surface area (Å²) >= 11 is 0. The Morgan fingerprint density at radius 2 is 1.95 bits per heavy atom. The second-order valence-electron chi connectivity index (χ2n) is 4.59. The molecule has 0 bridgehead atoms. The number of rotatable bonds is 4. The normalized spacial score (nSPS) is 10.2. The number of benzene rings is 2. The summed E-state index contributed by atoms with van der Waals surface area (Å²) in [6.07, 6.45) is 0. The zero-order chi connectivity index (χ0) is 13.8. The Balaban J connectivity index is 2.10. The van der Waals surface area contributed by atoms with Crippen molar-refractivity contribution in [3.8, 4) is 0 Å². The van der Waals surface area contributed by atoms with Crippen LogP contribution in [0.4, 0.5) is 11.4 Å². The molecule has 0 saturated carbocycles. The molecule has 19 heavy (non-hydrogen) atoms. The molecular formula is C15H16N2O2. The first-order valence-corrected chi connectivity index (χ1v) is 6.11. The maximum atomic E-state index is 10.7. The minimum Gasteiger partial charge on any atom is -0.381 e. The van der Waals surface area contributed by atoms with Gasteiger partial charge >= 0.3 is 0 Å². The van der Waals surface area contributed by atoms with Crippen molar-refractivity contribution in [1.82, 2.24) is 0 Å². The van der Waals surface area contributed by atoms with E-state index in [0.717, 1.165) is 5.69 Å². The fourth-order valence-electron chi connectivity index (χ4n) is 1.97. The van der Waals surface area contributed by atoms with Gasteiger partial charge in [-0.15, -0.1) is 0 Å². The van der Waals surface area contributed by atoms with Crippen LogP contribution in [0, 0.1) is 24.0 Å². The third-order valence-electron chi connectivity index (χ3n) is 3.04. The van der Waals surface area contributed by atoms with Crippen LogP contribution in [0.15, 0.2) is 42.5 Å². The summed E-state index contributed by atoms with van der Waals surface area (Å²) in [5, 5.41) is 13.9. The summed E-state index contributed by atoms with van der Waals surface area (Å²) in [5.74, 6) is 0. The Labute approximate surface area is 112 Å². The van der Waals surface area contributed by atoms with Gasteiger partial charge in [0.1, 0.15) is 0 Å². The van der Waals surface area contributed by atoms with Gasteiger partial charge in [0.05, 0.1) is 4.92 Å². The quantitative estimate of drug-likeness (QED) is 0.668. The number of hydrogen-bond acceptors (Lipinski definition) is 3. The molecule has 0 heterocycles. The molecule has 0 aromatic heterocycles. The van der Waals surface area contributed by atoms with E-state index in [1.807, 2.05) is 6.07 Å². The van der Waals surface area contributed by atoms with E-state index in [4.69, 9.17) is 0 Å². The van der Waals surface area contributed by atoms with Crippen molar-refractivity contribution >= 4 is 11.4 Å². The van der Waals surface area contributed by atoms with Gasteiger partial charge in [0, 0.05) is 24.4 Å². The molecule has 0 amide bonds. The Hall–Kier alpha value is -2.36. The van der Waals surface area contributed by atoms with Crippen LogP contribution in [0.25, 0.3) is 0 Å². The molecule has 0 aliphatic heterocycles. The van der Waals surface area contributed by atoms with Crippen molar-refractivity contribution in [2.75, 3.05) is 5.32 Å². The minimum atomic E-state index is -0.387. The summed E-state index contributed by atoms with van der Waals surface area (Å²) in [6, 6.07) is 12.8. The zero-order valence-corrected chi connectivity index (χ0v) is 11.0. The van der Waals surface area contributed by atoms with Gasteiger partial charge in [0.25, 0.3) is 5.69 Å². The lowest BCUT2D eigenvalue weighted by molar-refractivity contribution is -0.384. The SMILES string of the molecule is Cc1ccc(CNc2cccc([N+](=O)[O-])c2)c(C)c1. The monoisotopic (exact) mass is 256 g/mol. The predicted molar refractivity (Wildman–Crippen MR) is 76.3 cm³/mol. The first-order chi connectivity index (χ1) is 9.06. The first kappa shape index (κ1) is 13.1. The van der Waals surface area contributed by atoms with Crippen LogP contribution < -0.4 is 5.32 Å². The topological polar surface area (TPSA) is 55.2 Å². The highest BCUT2D eigenvalue weighted by Crippen LogP contribution is 2.18. The molecule has 2 aromatic carbocycles. The lowest BCUT2D eigenvalue weighted by Gasteiger charge is -2.09. The molecule has 0 aliphatic rings. The van der Waals surface area contributed by atoms with Crippen LogP contribution in [-0.4, -0.2) is 4.92 Å². The molecule has 0 spiro atoms. The van der Waals surface area contributed by atoms with E-state index in [-0.39, 0.29) is 10.6 Å². The average molecular weight is 256 g/mol. The van der Waals surface area contributed by atoms with Gasteiger partial charge in [-0.2, -0.15) is 0 Å². The number of nitrogens with one attached hydrogen (secondary N) is 1. The third kappa shape index (κ3) is 3.31. The van der Waals surface area contributed by atoms with Gasteiger partial charge in [-0.1, -0.05) is 29.8 Å². The number of aryl methyl sites for hydroxylation is 2. The fraction of sp³-hybridized carbons (Fsp3) is 0.200. The molecule has 0 radical (unpaired) electrons.